The van der Waals surface area contributed by atoms with Crippen molar-refractivity contribution in [3.05, 3.63) is 0 Å². The summed E-state index contributed by atoms with van der Waals surface area (Å²) in [5.74, 6) is 1.81. The second-order valence-corrected chi connectivity index (χ2v) is 5.98. The van der Waals surface area contributed by atoms with Gasteiger partial charge in [-0.25, -0.2) is 0 Å². The number of hydrogen-bond donors (Lipinski definition) is 1. The van der Waals surface area contributed by atoms with Gasteiger partial charge in [-0.1, -0.05) is 12.8 Å². The minimum absolute atomic E-state index is 0.405. The highest BCUT2D eigenvalue weighted by molar-refractivity contribution is 5.76. The fourth-order valence-corrected chi connectivity index (χ4v) is 3.37. The Balaban J connectivity index is 1.76. The highest BCUT2D eigenvalue weighted by Crippen LogP contribution is 2.28. The van der Waals surface area contributed by atoms with Gasteiger partial charge in [0.25, 0.3) is 0 Å². The second-order valence-electron chi connectivity index (χ2n) is 5.98. The summed E-state index contributed by atoms with van der Waals surface area (Å²) >= 11 is 0. The van der Waals surface area contributed by atoms with Crippen molar-refractivity contribution in [3.8, 4) is 0 Å². The van der Waals surface area contributed by atoms with E-state index in [1.54, 1.807) is 0 Å². The Labute approximate surface area is 111 Å². The van der Waals surface area contributed by atoms with Crippen molar-refractivity contribution in [2.45, 2.75) is 51.9 Å². The Hall–Kier alpha value is -0.570. The van der Waals surface area contributed by atoms with E-state index in [2.05, 4.69) is 17.1 Å². The predicted octanol–water partition coefficient (Wildman–Crippen LogP) is 2.41. The number of carbonyl (C=O) groups is 1. The van der Waals surface area contributed by atoms with Crippen LogP contribution >= 0.6 is 0 Å². The summed E-state index contributed by atoms with van der Waals surface area (Å²) in [5.41, 5.74) is 0. The van der Waals surface area contributed by atoms with E-state index in [-0.39, 0.29) is 0 Å². The molecule has 104 valence electrons. The number of nitrogens with zero attached hydrogens (tertiary/aromatic N) is 1. The summed E-state index contributed by atoms with van der Waals surface area (Å²) < 4.78 is 0. The van der Waals surface area contributed by atoms with E-state index in [1.807, 2.05) is 0 Å². The lowest BCUT2D eigenvalue weighted by Crippen LogP contribution is -2.39. The van der Waals surface area contributed by atoms with E-state index in [4.69, 9.17) is 0 Å². The van der Waals surface area contributed by atoms with Crippen LogP contribution in [0.15, 0.2) is 0 Å². The molecule has 1 N–H and O–H groups in total. The number of nitrogens with one attached hydrogen (secondary N) is 1. The average Bonchev–Trinajstić information content (AvgIpc) is 2.90. The first-order chi connectivity index (χ1) is 8.79. The van der Waals surface area contributed by atoms with Crippen molar-refractivity contribution in [3.63, 3.8) is 0 Å². The Morgan fingerprint density at radius 1 is 1.11 bits per heavy atom. The van der Waals surface area contributed by atoms with Gasteiger partial charge in [0.2, 0.25) is 5.91 Å². The molecule has 0 unspecified atom stereocenters. The lowest BCUT2D eigenvalue weighted by Gasteiger charge is -2.30. The maximum absolute atomic E-state index is 12.3. The van der Waals surface area contributed by atoms with Gasteiger partial charge in [-0.2, -0.15) is 0 Å². The lowest BCUT2D eigenvalue weighted by molar-refractivity contribution is -0.132. The smallest absolute Gasteiger partial charge is 0.222 e. The third-order valence-corrected chi connectivity index (χ3v) is 4.61. The first kappa shape index (κ1) is 13.9. The van der Waals surface area contributed by atoms with Gasteiger partial charge in [0.05, 0.1) is 0 Å². The van der Waals surface area contributed by atoms with E-state index < -0.39 is 0 Å². The van der Waals surface area contributed by atoms with Gasteiger partial charge >= 0.3 is 0 Å². The zero-order valence-corrected chi connectivity index (χ0v) is 11.8. The minimum Gasteiger partial charge on any atom is -0.343 e. The third-order valence-electron chi connectivity index (χ3n) is 4.61. The first-order valence-electron chi connectivity index (χ1n) is 7.78. The van der Waals surface area contributed by atoms with Crippen molar-refractivity contribution in [2.75, 3.05) is 26.2 Å². The van der Waals surface area contributed by atoms with Crippen LogP contribution in [0.5, 0.6) is 0 Å². The van der Waals surface area contributed by atoms with E-state index in [0.717, 1.165) is 38.5 Å². The summed E-state index contributed by atoms with van der Waals surface area (Å²) in [7, 11) is 0. The van der Waals surface area contributed by atoms with Crippen molar-refractivity contribution in [1.29, 1.82) is 0 Å². The largest absolute Gasteiger partial charge is 0.343 e. The summed E-state index contributed by atoms with van der Waals surface area (Å²) in [6.07, 6.45) is 8.48. The van der Waals surface area contributed by atoms with Gasteiger partial charge in [0.1, 0.15) is 0 Å². The third kappa shape index (κ3) is 3.98. The summed E-state index contributed by atoms with van der Waals surface area (Å²) in [4.78, 5) is 14.4. The molecule has 1 saturated heterocycles. The molecule has 1 aliphatic heterocycles. The van der Waals surface area contributed by atoms with Crippen LogP contribution in [0.3, 0.4) is 0 Å². The van der Waals surface area contributed by atoms with Crippen molar-refractivity contribution >= 4 is 5.91 Å². The quantitative estimate of drug-likeness (QED) is 0.815. The Kier molecular flexibility index (Phi) is 5.48. The normalized spacial score (nSPS) is 22.3. The van der Waals surface area contributed by atoms with Crippen LogP contribution in [0.2, 0.25) is 0 Å². The van der Waals surface area contributed by atoms with Crippen LogP contribution in [0.25, 0.3) is 0 Å². The summed E-state index contributed by atoms with van der Waals surface area (Å²) in [6.45, 7) is 6.24. The Morgan fingerprint density at radius 2 is 1.78 bits per heavy atom. The van der Waals surface area contributed by atoms with Crippen LogP contribution in [0.4, 0.5) is 0 Å². The van der Waals surface area contributed by atoms with Crippen molar-refractivity contribution in [2.24, 2.45) is 11.8 Å². The molecule has 1 aliphatic carbocycles. The van der Waals surface area contributed by atoms with Gasteiger partial charge < -0.3 is 10.2 Å². The molecule has 0 aromatic heterocycles. The fourth-order valence-electron chi connectivity index (χ4n) is 3.37. The maximum atomic E-state index is 12.3. The highest BCUT2D eigenvalue weighted by atomic mass is 16.2. The minimum atomic E-state index is 0.405. The predicted molar refractivity (Wildman–Crippen MR) is 74.4 cm³/mol. The van der Waals surface area contributed by atoms with E-state index in [0.29, 0.717) is 11.8 Å². The van der Waals surface area contributed by atoms with Gasteiger partial charge in [0, 0.05) is 19.5 Å². The number of amides is 1. The van der Waals surface area contributed by atoms with Crippen LogP contribution in [-0.2, 0) is 4.79 Å². The second kappa shape index (κ2) is 7.13. The average molecular weight is 252 g/mol. The van der Waals surface area contributed by atoms with Crippen LogP contribution in [0, 0.1) is 11.8 Å². The van der Waals surface area contributed by atoms with E-state index >= 15 is 0 Å². The van der Waals surface area contributed by atoms with Gasteiger partial charge in [0.15, 0.2) is 0 Å². The number of hydrogen-bond acceptors (Lipinski definition) is 2. The Bertz CT molecular complexity index is 255. The molecule has 0 aromatic rings. The van der Waals surface area contributed by atoms with Crippen LogP contribution < -0.4 is 5.32 Å². The molecule has 3 nitrogen and oxygen atoms in total. The molecule has 1 heterocycles. The summed E-state index contributed by atoms with van der Waals surface area (Å²) in [5, 5.41) is 3.39. The number of carbonyl (C=O) groups excluding carboxylic acids is 1. The molecular weight excluding hydrogens is 224 g/mol. The fraction of sp³-hybridized carbons (Fsp3) is 0.933. The first-order valence-corrected chi connectivity index (χ1v) is 7.78. The van der Waals surface area contributed by atoms with E-state index in [9.17, 15) is 4.79 Å². The SMILES string of the molecule is CCN(CC1CCNCC1)C(=O)CC1CCCC1. The molecule has 1 amide bonds. The highest BCUT2D eigenvalue weighted by Gasteiger charge is 2.23. The number of piperidine rings is 1. The molecule has 2 aliphatic rings. The van der Waals surface area contributed by atoms with Gasteiger partial charge in [-0.15, -0.1) is 0 Å². The van der Waals surface area contributed by atoms with Crippen LogP contribution in [-0.4, -0.2) is 37.0 Å². The zero-order valence-electron chi connectivity index (χ0n) is 11.8. The van der Waals surface area contributed by atoms with Crippen LogP contribution in [0.1, 0.15) is 51.9 Å². The molecule has 1 saturated carbocycles. The molecule has 0 aromatic carbocycles. The Morgan fingerprint density at radius 3 is 2.39 bits per heavy atom. The standard InChI is InChI=1S/C15H28N2O/c1-2-17(12-14-7-9-16-10-8-14)15(18)11-13-5-3-4-6-13/h13-14,16H,2-12H2,1H3. The number of rotatable bonds is 5. The topological polar surface area (TPSA) is 32.3 Å². The van der Waals surface area contributed by atoms with Gasteiger partial charge in [-0.05, 0) is 57.5 Å². The molecule has 0 bridgehead atoms. The molecular formula is C15H28N2O. The molecule has 0 atom stereocenters. The molecule has 0 spiro atoms. The van der Waals surface area contributed by atoms with E-state index in [1.165, 1.54) is 38.5 Å². The maximum Gasteiger partial charge on any atom is 0.222 e. The lowest BCUT2D eigenvalue weighted by atomic mass is 9.96. The zero-order chi connectivity index (χ0) is 12.8. The summed E-state index contributed by atoms with van der Waals surface area (Å²) in [6, 6.07) is 0. The molecule has 2 fully saturated rings. The van der Waals surface area contributed by atoms with Crippen molar-refractivity contribution in [1.82, 2.24) is 10.2 Å². The van der Waals surface area contributed by atoms with Crippen molar-refractivity contribution < 1.29 is 4.79 Å². The molecule has 18 heavy (non-hydrogen) atoms. The molecule has 2 rings (SSSR count). The monoisotopic (exact) mass is 252 g/mol. The van der Waals surface area contributed by atoms with Gasteiger partial charge in [-0.3, -0.25) is 4.79 Å². The molecule has 3 heteroatoms. The molecule has 0 radical (unpaired) electrons.